The van der Waals surface area contributed by atoms with Crippen LogP contribution in [-0.4, -0.2) is 47.4 Å². The maximum Gasteiger partial charge on any atom is 0.305 e. The molecule has 3 N–H and O–H groups in total. The number of carbonyl (C=O) groups excluding carboxylic acids is 2. The summed E-state index contributed by atoms with van der Waals surface area (Å²) in [5, 5.41) is 23.1. The van der Waals surface area contributed by atoms with Crippen molar-refractivity contribution < 1.29 is 24.5 Å². The second-order valence-electron chi connectivity index (χ2n) is 17.5. The highest BCUT2D eigenvalue weighted by Gasteiger charge is 2.20. The van der Waals surface area contributed by atoms with Crippen molar-refractivity contribution in [3.05, 3.63) is 24.3 Å². The van der Waals surface area contributed by atoms with Gasteiger partial charge in [-0.15, -0.1) is 0 Å². The molecule has 0 saturated carbocycles. The summed E-state index contributed by atoms with van der Waals surface area (Å²) in [6.45, 7) is 4.87. The van der Waals surface area contributed by atoms with Crippen LogP contribution in [0.1, 0.15) is 271 Å². The molecule has 6 heteroatoms. The van der Waals surface area contributed by atoms with Crippen molar-refractivity contribution in [2.24, 2.45) is 0 Å². The van der Waals surface area contributed by atoms with Crippen molar-refractivity contribution >= 4 is 11.9 Å². The molecule has 0 aromatic rings. The van der Waals surface area contributed by atoms with Gasteiger partial charge < -0.3 is 20.3 Å². The van der Waals surface area contributed by atoms with Crippen molar-refractivity contribution in [1.82, 2.24) is 5.32 Å². The predicted molar refractivity (Wildman–Crippen MR) is 250 cm³/mol. The number of aliphatic hydroxyl groups excluding tert-OH is 2. The lowest BCUT2D eigenvalue weighted by Gasteiger charge is -2.22. The molecule has 0 aromatic heterocycles. The fraction of sp³-hybridized carbons (Fsp3) is 0.885. The van der Waals surface area contributed by atoms with Gasteiger partial charge in [-0.3, -0.25) is 9.59 Å². The van der Waals surface area contributed by atoms with Gasteiger partial charge in [0.15, 0.2) is 0 Å². The standard InChI is InChI=1S/C52H99NO5/c1-3-5-7-9-11-13-15-16-17-18-19-20-21-22-26-30-34-38-42-46-52(57)58-47-43-39-35-31-27-23-25-29-33-37-41-45-51(56)53-49(48-54)50(55)44-40-36-32-28-24-14-12-10-8-6-4-2/h11,13,16-17,49-50,54-55H,3-10,12,14-15,18-48H2,1-2H3,(H,53,56)/b13-11-,17-16-. The Morgan fingerprint density at radius 1 is 0.483 bits per heavy atom. The van der Waals surface area contributed by atoms with Crippen LogP contribution in [-0.2, 0) is 14.3 Å². The summed E-state index contributed by atoms with van der Waals surface area (Å²) in [5.41, 5.74) is 0. The Labute approximate surface area is 361 Å². The van der Waals surface area contributed by atoms with E-state index in [0.29, 0.717) is 25.9 Å². The number of hydrogen-bond donors (Lipinski definition) is 3. The third kappa shape index (κ3) is 43.9. The summed E-state index contributed by atoms with van der Waals surface area (Å²) < 4.78 is 5.47. The van der Waals surface area contributed by atoms with E-state index in [1.807, 2.05) is 0 Å². The van der Waals surface area contributed by atoms with Gasteiger partial charge in [0.2, 0.25) is 5.91 Å². The van der Waals surface area contributed by atoms with E-state index < -0.39 is 12.1 Å². The first-order valence-corrected chi connectivity index (χ1v) is 25.6. The molecule has 342 valence electrons. The Morgan fingerprint density at radius 2 is 0.862 bits per heavy atom. The Hall–Kier alpha value is -1.66. The topological polar surface area (TPSA) is 95.9 Å². The van der Waals surface area contributed by atoms with Crippen molar-refractivity contribution in [2.45, 2.75) is 283 Å². The molecule has 0 heterocycles. The molecule has 0 bridgehead atoms. The molecule has 0 radical (unpaired) electrons. The monoisotopic (exact) mass is 818 g/mol. The summed E-state index contributed by atoms with van der Waals surface area (Å²) in [4.78, 5) is 24.5. The van der Waals surface area contributed by atoms with Gasteiger partial charge in [0.1, 0.15) is 0 Å². The third-order valence-corrected chi connectivity index (χ3v) is 11.8. The zero-order valence-electron chi connectivity index (χ0n) is 38.8. The number of allylic oxidation sites excluding steroid dienone is 4. The lowest BCUT2D eigenvalue weighted by atomic mass is 10.0. The van der Waals surface area contributed by atoms with Gasteiger partial charge in [-0.25, -0.2) is 0 Å². The summed E-state index contributed by atoms with van der Waals surface area (Å²) in [6.07, 6.45) is 55.7. The summed E-state index contributed by atoms with van der Waals surface area (Å²) in [7, 11) is 0. The maximum absolute atomic E-state index is 12.4. The van der Waals surface area contributed by atoms with Gasteiger partial charge in [0.05, 0.1) is 25.4 Å². The number of amides is 1. The van der Waals surface area contributed by atoms with Crippen LogP contribution in [0.3, 0.4) is 0 Å². The highest BCUT2D eigenvalue weighted by Crippen LogP contribution is 2.16. The predicted octanol–water partition coefficient (Wildman–Crippen LogP) is 15.1. The molecule has 0 saturated heterocycles. The Morgan fingerprint density at radius 3 is 1.34 bits per heavy atom. The number of carbonyl (C=O) groups is 2. The van der Waals surface area contributed by atoms with Crippen LogP contribution in [0.15, 0.2) is 24.3 Å². The molecule has 1 amide bonds. The van der Waals surface area contributed by atoms with E-state index in [0.717, 1.165) is 64.2 Å². The first-order valence-electron chi connectivity index (χ1n) is 25.6. The fourth-order valence-corrected chi connectivity index (χ4v) is 7.79. The van der Waals surface area contributed by atoms with E-state index in [1.54, 1.807) is 0 Å². The summed E-state index contributed by atoms with van der Waals surface area (Å²) in [6, 6.07) is -0.554. The number of unbranched alkanes of at least 4 members (excludes halogenated alkanes) is 32. The smallest absolute Gasteiger partial charge is 0.305 e. The average Bonchev–Trinajstić information content (AvgIpc) is 3.22. The minimum Gasteiger partial charge on any atom is -0.466 e. The van der Waals surface area contributed by atoms with E-state index in [-0.39, 0.29) is 18.5 Å². The summed E-state index contributed by atoms with van der Waals surface area (Å²) in [5.74, 6) is -0.0730. The van der Waals surface area contributed by atoms with Gasteiger partial charge in [-0.2, -0.15) is 0 Å². The van der Waals surface area contributed by atoms with Crippen LogP contribution < -0.4 is 5.32 Å². The van der Waals surface area contributed by atoms with Crippen molar-refractivity contribution in [3.8, 4) is 0 Å². The van der Waals surface area contributed by atoms with Crippen LogP contribution >= 0.6 is 0 Å². The van der Waals surface area contributed by atoms with Gasteiger partial charge >= 0.3 is 5.97 Å². The molecule has 0 aliphatic rings. The van der Waals surface area contributed by atoms with E-state index in [2.05, 4.69) is 43.5 Å². The first-order chi connectivity index (χ1) is 28.5. The van der Waals surface area contributed by atoms with Crippen LogP contribution in [0.25, 0.3) is 0 Å². The van der Waals surface area contributed by atoms with E-state index in [9.17, 15) is 19.8 Å². The van der Waals surface area contributed by atoms with E-state index in [1.165, 1.54) is 173 Å². The fourth-order valence-electron chi connectivity index (χ4n) is 7.79. The summed E-state index contributed by atoms with van der Waals surface area (Å²) >= 11 is 0. The zero-order valence-corrected chi connectivity index (χ0v) is 38.8. The molecule has 0 aliphatic heterocycles. The number of aliphatic hydroxyl groups is 2. The second kappa shape index (κ2) is 48.0. The van der Waals surface area contributed by atoms with Crippen molar-refractivity contribution in [3.63, 3.8) is 0 Å². The molecule has 0 aliphatic carbocycles. The SMILES string of the molecule is CCCCC/C=C\C/C=C\CCCCCCCCCCCC(=O)OCCCCCCCCCCCCCC(=O)NC(CO)C(O)CCCCCCCCCCCCC. The van der Waals surface area contributed by atoms with Crippen LogP contribution in [0.5, 0.6) is 0 Å². The van der Waals surface area contributed by atoms with Gasteiger partial charge in [-0.05, 0) is 57.8 Å². The van der Waals surface area contributed by atoms with Gasteiger partial charge in [0, 0.05) is 12.8 Å². The van der Waals surface area contributed by atoms with Crippen LogP contribution in [0.2, 0.25) is 0 Å². The Kier molecular flexibility index (Phi) is 46.6. The molecule has 0 rings (SSSR count). The Balaban J connectivity index is 3.44. The van der Waals surface area contributed by atoms with Crippen LogP contribution in [0.4, 0.5) is 0 Å². The second-order valence-corrected chi connectivity index (χ2v) is 17.5. The number of hydrogen-bond acceptors (Lipinski definition) is 5. The largest absolute Gasteiger partial charge is 0.466 e. The molecule has 0 spiro atoms. The van der Waals surface area contributed by atoms with Crippen LogP contribution in [0, 0.1) is 0 Å². The Bertz CT molecular complexity index is 904. The minimum atomic E-state index is -0.675. The number of rotatable bonds is 47. The van der Waals surface area contributed by atoms with E-state index >= 15 is 0 Å². The highest BCUT2D eigenvalue weighted by molar-refractivity contribution is 5.76. The first kappa shape index (κ1) is 56.3. The normalized spacial score (nSPS) is 12.8. The zero-order chi connectivity index (χ0) is 42.3. The number of nitrogens with one attached hydrogen (secondary N) is 1. The molecule has 58 heavy (non-hydrogen) atoms. The average molecular weight is 818 g/mol. The number of ether oxygens (including phenoxy) is 1. The lowest BCUT2D eigenvalue weighted by molar-refractivity contribution is -0.143. The third-order valence-electron chi connectivity index (χ3n) is 11.8. The molecular weight excluding hydrogens is 719 g/mol. The molecular formula is C52H99NO5. The minimum absolute atomic E-state index is 0.0177. The molecule has 2 unspecified atom stereocenters. The van der Waals surface area contributed by atoms with Gasteiger partial charge in [-0.1, -0.05) is 224 Å². The molecule has 6 nitrogen and oxygen atoms in total. The molecule has 2 atom stereocenters. The van der Waals surface area contributed by atoms with Crippen molar-refractivity contribution in [2.75, 3.05) is 13.2 Å². The maximum atomic E-state index is 12.4. The quantitative estimate of drug-likeness (QED) is 0.0323. The lowest BCUT2D eigenvalue weighted by Crippen LogP contribution is -2.45. The molecule has 0 aromatic carbocycles. The number of esters is 1. The van der Waals surface area contributed by atoms with Gasteiger partial charge in [0.25, 0.3) is 0 Å². The van der Waals surface area contributed by atoms with Crippen molar-refractivity contribution in [1.29, 1.82) is 0 Å². The molecule has 0 fully saturated rings. The van der Waals surface area contributed by atoms with E-state index in [4.69, 9.17) is 4.74 Å². The highest BCUT2D eigenvalue weighted by atomic mass is 16.5.